The van der Waals surface area contributed by atoms with E-state index in [-0.39, 0.29) is 18.6 Å². The van der Waals surface area contributed by atoms with Gasteiger partial charge in [0.15, 0.2) is 11.5 Å². The smallest absolute Gasteiger partial charge is 0.277 e. The van der Waals surface area contributed by atoms with Crippen LogP contribution in [-0.4, -0.2) is 38.1 Å². The highest BCUT2D eigenvalue weighted by molar-refractivity contribution is 6.04. The third-order valence-corrected chi connectivity index (χ3v) is 5.69. The Kier molecular flexibility index (Phi) is 8.54. The van der Waals surface area contributed by atoms with Crippen LogP contribution in [-0.2, 0) is 20.7 Å². The van der Waals surface area contributed by atoms with Gasteiger partial charge in [-0.1, -0.05) is 42.5 Å². The summed E-state index contributed by atoms with van der Waals surface area (Å²) in [6.45, 7) is 4.43. The minimum atomic E-state index is -1.02. The third kappa shape index (κ3) is 6.21. The summed E-state index contributed by atoms with van der Waals surface area (Å²) in [5.74, 6) is 0.677. The molecule has 0 unspecified atom stereocenters. The van der Waals surface area contributed by atoms with Gasteiger partial charge in [0, 0.05) is 24.5 Å². The molecule has 0 radical (unpaired) electrons. The molecule has 36 heavy (non-hydrogen) atoms. The molecule has 188 valence electrons. The molecule has 8 heteroatoms. The first-order valence-electron chi connectivity index (χ1n) is 12.0. The molecule has 3 aromatic rings. The van der Waals surface area contributed by atoms with Gasteiger partial charge in [-0.15, -0.1) is 0 Å². The van der Waals surface area contributed by atoms with E-state index < -0.39 is 12.3 Å². The lowest BCUT2D eigenvalue weighted by molar-refractivity contribution is -0.170. The maximum absolute atomic E-state index is 13.1. The molecule has 2 amide bonds. The zero-order valence-electron chi connectivity index (χ0n) is 20.4. The summed E-state index contributed by atoms with van der Waals surface area (Å²) in [5.41, 5.74) is 2.90. The molecule has 1 aliphatic heterocycles. The van der Waals surface area contributed by atoms with Crippen LogP contribution in [0.15, 0.2) is 72.8 Å². The molecule has 0 spiro atoms. The number of hydrogen-bond acceptors (Lipinski definition) is 6. The molecule has 0 bridgehead atoms. The molecule has 1 atom stereocenters. The van der Waals surface area contributed by atoms with Crippen molar-refractivity contribution in [3.63, 3.8) is 0 Å². The highest BCUT2D eigenvalue weighted by Gasteiger charge is 2.26. The Labute approximate surface area is 210 Å². The van der Waals surface area contributed by atoms with Crippen LogP contribution in [0.3, 0.4) is 0 Å². The normalized spacial score (nSPS) is 12.9. The molecule has 0 aliphatic carbocycles. The van der Waals surface area contributed by atoms with E-state index in [1.165, 1.54) is 0 Å². The van der Waals surface area contributed by atoms with E-state index in [0.29, 0.717) is 42.4 Å². The van der Waals surface area contributed by atoms with Crippen LogP contribution >= 0.6 is 0 Å². The number of nitrogens with one attached hydrogen (secondary N) is 2. The fourth-order valence-electron chi connectivity index (χ4n) is 3.95. The summed E-state index contributed by atoms with van der Waals surface area (Å²) in [5, 5.41) is 6.05. The Hall–Kier alpha value is -3.88. The standard InChI is InChI=1S/C28H30N2O6/c1-3-33-28(34-4-2)27(32)30-23(21-14-15-24-25(17-21)36-18-35-24)16-20-12-8-9-13-22(20)29-26(31)19-10-6-5-7-11-19/h5-15,17,23,28H,3-4,16,18H2,1-2H3,(H,29,31)(H,30,32)/t23-/m1/s1. The van der Waals surface area contributed by atoms with Gasteiger partial charge in [0.2, 0.25) is 13.1 Å². The van der Waals surface area contributed by atoms with E-state index in [0.717, 1.165) is 11.1 Å². The number of carbonyl (C=O) groups is 2. The van der Waals surface area contributed by atoms with Gasteiger partial charge in [-0.2, -0.15) is 0 Å². The molecule has 1 heterocycles. The van der Waals surface area contributed by atoms with Gasteiger partial charge in [-0.25, -0.2) is 0 Å². The number of benzene rings is 3. The van der Waals surface area contributed by atoms with Crippen LogP contribution in [0.25, 0.3) is 0 Å². The van der Waals surface area contributed by atoms with E-state index in [9.17, 15) is 9.59 Å². The number of ether oxygens (including phenoxy) is 4. The molecule has 1 aliphatic rings. The predicted molar refractivity (Wildman–Crippen MR) is 135 cm³/mol. The number of para-hydroxylation sites is 1. The van der Waals surface area contributed by atoms with Gasteiger partial charge in [0.05, 0.1) is 6.04 Å². The maximum atomic E-state index is 13.1. The van der Waals surface area contributed by atoms with Gasteiger partial charge in [-0.05, 0) is 61.7 Å². The van der Waals surface area contributed by atoms with Gasteiger partial charge in [0.25, 0.3) is 11.8 Å². The van der Waals surface area contributed by atoms with Crippen molar-refractivity contribution in [2.75, 3.05) is 25.3 Å². The summed E-state index contributed by atoms with van der Waals surface area (Å²) < 4.78 is 22.0. The van der Waals surface area contributed by atoms with Gasteiger partial charge in [-0.3, -0.25) is 9.59 Å². The first kappa shape index (κ1) is 25.2. The number of anilines is 1. The monoisotopic (exact) mass is 490 g/mol. The van der Waals surface area contributed by atoms with Crippen LogP contribution in [0.4, 0.5) is 5.69 Å². The molecular formula is C28H30N2O6. The maximum Gasteiger partial charge on any atom is 0.277 e. The average Bonchev–Trinajstić information content (AvgIpc) is 3.38. The van der Waals surface area contributed by atoms with E-state index >= 15 is 0 Å². The fourth-order valence-corrected chi connectivity index (χ4v) is 3.95. The van der Waals surface area contributed by atoms with Crippen molar-refractivity contribution in [2.45, 2.75) is 32.6 Å². The lowest BCUT2D eigenvalue weighted by atomic mass is 9.97. The van der Waals surface area contributed by atoms with Crippen molar-refractivity contribution < 1.29 is 28.5 Å². The first-order valence-corrected chi connectivity index (χ1v) is 12.0. The Morgan fingerprint density at radius 1 is 0.889 bits per heavy atom. The van der Waals surface area contributed by atoms with E-state index in [1.807, 2.05) is 60.7 Å². The van der Waals surface area contributed by atoms with Crippen molar-refractivity contribution in [2.24, 2.45) is 0 Å². The van der Waals surface area contributed by atoms with Crippen LogP contribution in [0.1, 0.15) is 41.4 Å². The summed E-state index contributed by atoms with van der Waals surface area (Å²) in [6, 6.07) is 21.7. The largest absolute Gasteiger partial charge is 0.454 e. The highest BCUT2D eigenvalue weighted by atomic mass is 16.7. The van der Waals surface area contributed by atoms with E-state index in [4.69, 9.17) is 18.9 Å². The lowest BCUT2D eigenvalue weighted by Crippen LogP contribution is -2.41. The number of amides is 2. The second kappa shape index (κ2) is 12.2. The second-order valence-electron chi connectivity index (χ2n) is 8.10. The summed E-state index contributed by atoms with van der Waals surface area (Å²) in [6.07, 6.45) is -0.619. The lowest BCUT2D eigenvalue weighted by Gasteiger charge is -2.24. The van der Waals surface area contributed by atoms with E-state index in [1.54, 1.807) is 26.0 Å². The highest BCUT2D eigenvalue weighted by Crippen LogP contribution is 2.35. The van der Waals surface area contributed by atoms with Gasteiger partial charge < -0.3 is 29.6 Å². The molecule has 0 aromatic heterocycles. The Balaban J connectivity index is 1.61. The molecule has 8 nitrogen and oxygen atoms in total. The SMILES string of the molecule is CCOC(OCC)C(=O)N[C@H](Cc1ccccc1NC(=O)c1ccccc1)c1ccc2c(c1)OCO2. The third-order valence-electron chi connectivity index (χ3n) is 5.69. The molecule has 3 aromatic carbocycles. The van der Waals surface area contributed by atoms with Crippen molar-refractivity contribution in [1.29, 1.82) is 0 Å². The summed E-state index contributed by atoms with van der Waals surface area (Å²) >= 11 is 0. The zero-order chi connectivity index (χ0) is 25.3. The van der Waals surface area contributed by atoms with Crippen molar-refractivity contribution in [1.82, 2.24) is 5.32 Å². The van der Waals surface area contributed by atoms with Crippen molar-refractivity contribution in [3.05, 3.63) is 89.5 Å². The zero-order valence-corrected chi connectivity index (χ0v) is 20.4. The molecule has 0 fully saturated rings. The number of rotatable bonds is 11. The van der Waals surface area contributed by atoms with E-state index in [2.05, 4.69) is 10.6 Å². The fraction of sp³-hybridized carbons (Fsp3) is 0.286. The number of carbonyl (C=O) groups excluding carboxylic acids is 2. The molecule has 0 saturated carbocycles. The first-order chi connectivity index (χ1) is 17.6. The minimum absolute atomic E-state index is 0.154. The Morgan fingerprint density at radius 2 is 1.58 bits per heavy atom. The Morgan fingerprint density at radius 3 is 2.33 bits per heavy atom. The van der Waals surface area contributed by atoms with Crippen molar-refractivity contribution in [3.8, 4) is 11.5 Å². The van der Waals surface area contributed by atoms with Crippen LogP contribution in [0, 0.1) is 0 Å². The number of hydrogen-bond donors (Lipinski definition) is 2. The van der Waals surface area contributed by atoms with Crippen LogP contribution in [0.2, 0.25) is 0 Å². The molecule has 0 saturated heterocycles. The molecule has 4 rings (SSSR count). The molecular weight excluding hydrogens is 460 g/mol. The number of fused-ring (bicyclic) bond motifs is 1. The average molecular weight is 491 g/mol. The van der Waals surface area contributed by atoms with Gasteiger partial charge in [0.1, 0.15) is 0 Å². The Bertz CT molecular complexity index is 1180. The quantitative estimate of drug-likeness (QED) is 0.385. The van der Waals surface area contributed by atoms with Crippen molar-refractivity contribution >= 4 is 17.5 Å². The molecule has 2 N–H and O–H groups in total. The second-order valence-corrected chi connectivity index (χ2v) is 8.10. The predicted octanol–water partition coefficient (Wildman–Crippen LogP) is 4.47. The topological polar surface area (TPSA) is 95.1 Å². The summed E-state index contributed by atoms with van der Waals surface area (Å²) in [7, 11) is 0. The van der Waals surface area contributed by atoms with Gasteiger partial charge >= 0.3 is 0 Å². The van der Waals surface area contributed by atoms with Crippen LogP contribution in [0.5, 0.6) is 11.5 Å². The minimum Gasteiger partial charge on any atom is -0.454 e. The van der Waals surface area contributed by atoms with Crippen LogP contribution < -0.4 is 20.1 Å². The summed E-state index contributed by atoms with van der Waals surface area (Å²) in [4.78, 5) is 25.9.